The van der Waals surface area contributed by atoms with E-state index in [-0.39, 0.29) is 17.9 Å². The Bertz CT molecular complexity index is 989. The molecule has 5 nitrogen and oxygen atoms in total. The van der Waals surface area contributed by atoms with Crippen molar-refractivity contribution in [3.63, 3.8) is 0 Å². The van der Waals surface area contributed by atoms with Crippen molar-refractivity contribution in [2.75, 3.05) is 7.05 Å². The predicted octanol–water partition coefficient (Wildman–Crippen LogP) is 3.31. The highest BCUT2D eigenvalue weighted by atomic mass is 16.2. The van der Waals surface area contributed by atoms with Gasteiger partial charge in [0.2, 0.25) is 5.91 Å². The van der Waals surface area contributed by atoms with Gasteiger partial charge in [0.1, 0.15) is 0 Å². The maximum absolute atomic E-state index is 13.3. The van der Waals surface area contributed by atoms with Crippen LogP contribution in [0.4, 0.5) is 0 Å². The van der Waals surface area contributed by atoms with Crippen molar-refractivity contribution in [3.05, 3.63) is 101 Å². The van der Waals surface area contributed by atoms with Crippen LogP contribution in [0.5, 0.6) is 0 Å². The van der Waals surface area contributed by atoms with Crippen LogP contribution < -0.4 is 5.32 Å². The molecule has 0 aliphatic carbocycles. The Morgan fingerprint density at radius 2 is 1.68 bits per heavy atom. The minimum atomic E-state index is -0.483. The molecule has 4 rings (SSSR count). The standard InChI is InChI=1S/C23H21N3O2/c1-26-21(17-7-3-2-4-8-17)20(18-9-5-6-10-19(18)23(26)28)22(27)25-15-16-11-13-24-14-12-16/h2-14,20-21H,15H2,1H3,(H,25,27)/t20-,21+/m1/s1. The largest absolute Gasteiger partial charge is 0.351 e. The average molecular weight is 371 g/mol. The second-order valence-corrected chi connectivity index (χ2v) is 6.91. The van der Waals surface area contributed by atoms with Gasteiger partial charge in [0.15, 0.2) is 0 Å². The number of hydrogen-bond donors (Lipinski definition) is 1. The zero-order valence-electron chi connectivity index (χ0n) is 15.6. The summed E-state index contributed by atoms with van der Waals surface area (Å²) in [6, 6.07) is 20.5. The molecular formula is C23H21N3O2. The first-order valence-corrected chi connectivity index (χ1v) is 9.24. The van der Waals surface area contributed by atoms with Crippen molar-refractivity contribution >= 4 is 11.8 Å². The van der Waals surface area contributed by atoms with E-state index in [0.29, 0.717) is 12.1 Å². The normalized spacial score (nSPS) is 18.5. The molecule has 0 unspecified atom stereocenters. The number of likely N-dealkylation sites (N-methyl/N-ethyl adjacent to an activating group) is 1. The van der Waals surface area contributed by atoms with Crippen LogP contribution in [-0.4, -0.2) is 28.7 Å². The van der Waals surface area contributed by atoms with E-state index in [1.807, 2.05) is 60.7 Å². The molecule has 0 saturated carbocycles. The first kappa shape index (κ1) is 17.9. The molecule has 28 heavy (non-hydrogen) atoms. The Morgan fingerprint density at radius 3 is 2.43 bits per heavy atom. The van der Waals surface area contributed by atoms with E-state index in [1.165, 1.54) is 0 Å². The monoisotopic (exact) mass is 371 g/mol. The highest BCUT2D eigenvalue weighted by Gasteiger charge is 2.42. The number of carbonyl (C=O) groups is 2. The summed E-state index contributed by atoms with van der Waals surface area (Å²) >= 11 is 0. The number of nitrogens with zero attached hydrogens (tertiary/aromatic N) is 2. The van der Waals surface area contributed by atoms with Gasteiger partial charge in [-0.25, -0.2) is 0 Å². The Hall–Kier alpha value is -3.47. The van der Waals surface area contributed by atoms with Gasteiger partial charge in [-0.3, -0.25) is 14.6 Å². The Kier molecular flexibility index (Phi) is 4.89. The van der Waals surface area contributed by atoms with Gasteiger partial charge < -0.3 is 10.2 Å². The zero-order valence-corrected chi connectivity index (χ0v) is 15.6. The number of aromatic nitrogens is 1. The lowest BCUT2D eigenvalue weighted by molar-refractivity contribution is -0.124. The summed E-state index contributed by atoms with van der Waals surface area (Å²) in [7, 11) is 1.76. The number of carbonyl (C=O) groups excluding carboxylic acids is 2. The molecule has 2 atom stereocenters. The Labute approximate surface area is 164 Å². The molecule has 1 aliphatic rings. The van der Waals surface area contributed by atoms with Gasteiger partial charge in [0.25, 0.3) is 5.91 Å². The Balaban J connectivity index is 1.72. The van der Waals surface area contributed by atoms with E-state index in [2.05, 4.69) is 10.3 Å². The van der Waals surface area contributed by atoms with Gasteiger partial charge in [-0.1, -0.05) is 48.5 Å². The minimum absolute atomic E-state index is 0.0670. The maximum Gasteiger partial charge on any atom is 0.254 e. The number of benzene rings is 2. The summed E-state index contributed by atoms with van der Waals surface area (Å²) < 4.78 is 0. The van der Waals surface area contributed by atoms with Crippen molar-refractivity contribution in [1.82, 2.24) is 15.2 Å². The quantitative estimate of drug-likeness (QED) is 0.765. The third-order valence-corrected chi connectivity index (χ3v) is 5.22. The number of amides is 2. The van der Waals surface area contributed by atoms with Crippen molar-refractivity contribution in [2.45, 2.75) is 18.5 Å². The van der Waals surface area contributed by atoms with Crippen molar-refractivity contribution in [1.29, 1.82) is 0 Å². The van der Waals surface area contributed by atoms with Crippen LogP contribution in [0.2, 0.25) is 0 Å². The number of nitrogens with one attached hydrogen (secondary N) is 1. The molecule has 1 aliphatic heterocycles. The SMILES string of the molecule is CN1C(=O)c2ccccc2[C@@H](C(=O)NCc2ccncc2)[C@@H]1c1ccccc1. The predicted molar refractivity (Wildman–Crippen MR) is 107 cm³/mol. The summed E-state index contributed by atoms with van der Waals surface area (Å²) in [6.07, 6.45) is 3.41. The number of pyridine rings is 1. The second kappa shape index (κ2) is 7.64. The smallest absolute Gasteiger partial charge is 0.254 e. The van der Waals surface area contributed by atoms with E-state index in [0.717, 1.165) is 16.7 Å². The summed E-state index contributed by atoms with van der Waals surface area (Å²) in [5, 5.41) is 3.04. The number of fused-ring (bicyclic) bond motifs is 1. The van der Waals surface area contributed by atoms with Crippen molar-refractivity contribution in [3.8, 4) is 0 Å². The van der Waals surface area contributed by atoms with E-state index in [9.17, 15) is 9.59 Å². The van der Waals surface area contributed by atoms with Gasteiger partial charge in [-0.15, -0.1) is 0 Å². The van der Waals surface area contributed by atoms with E-state index >= 15 is 0 Å². The van der Waals surface area contributed by atoms with Crippen LogP contribution in [0.3, 0.4) is 0 Å². The zero-order chi connectivity index (χ0) is 19.5. The molecule has 0 fully saturated rings. The van der Waals surface area contributed by atoms with Crippen molar-refractivity contribution < 1.29 is 9.59 Å². The van der Waals surface area contributed by atoms with Crippen LogP contribution in [0.15, 0.2) is 79.1 Å². The van der Waals surface area contributed by atoms with E-state index in [1.54, 1.807) is 30.4 Å². The lowest BCUT2D eigenvalue weighted by Crippen LogP contribution is -2.45. The maximum atomic E-state index is 13.3. The molecule has 5 heteroatoms. The van der Waals surface area contributed by atoms with Gasteiger partial charge in [0.05, 0.1) is 12.0 Å². The summed E-state index contributed by atoms with van der Waals surface area (Å²) in [5.74, 6) is -0.650. The summed E-state index contributed by atoms with van der Waals surface area (Å²) in [4.78, 5) is 31.9. The second-order valence-electron chi connectivity index (χ2n) is 6.91. The lowest BCUT2D eigenvalue weighted by Gasteiger charge is -2.39. The van der Waals surface area contributed by atoms with Gasteiger partial charge >= 0.3 is 0 Å². The van der Waals surface area contributed by atoms with Crippen LogP contribution in [0, 0.1) is 0 Å². The number of hydrogen-bond acceptors (Lipinski definition) is 3. The van der Waals surface area contributed by atoms with Gasteiger partial charge in [-0.05, 0) is 34.9 Å². The summed E-state index contributed by atoms with van der Waals surface area (Å²) in [6.45, 7) is 0.416. The fourth-order valence-electron chi connectivity index (χ4n) is 3.82. The Morgan fingerprint density at radius 1 is 1.00 bits per heavy atom. The summed E-state index contributed by atoms with van der Waals surface area (Å²) in [5.41, 5.74) is 3.28. The average Bonchev–Trinajstić information content (AvgIpc) is 2.75. The van der Waals surface area contributed by atoms with Crippen LogP contribution in [-0.2, 0) is 11.3 Å². The first-order valence-electron chi connectivity index (χ1n) is 9.24. The molecule has 0 bridgehead atoms. The molecule has 0 saturated heterocycles. The molecule has 1 N–H and O–H groups in total. The minimum Gasteiger partial charge on any atom is -0.351 e. The molecule has 3 aromatic rings. The first-order chi connectivity index (χ1) is 13.7. The molecule has 2 amide bonds. The third kappa shape index (κ3) is 3.27. The third-order valence-electron chi connectivity index (χ3n) is 5.22. The molecule has 140 valence electrons. The van der Waals surface area contributed by atoms with Crippen LogP contribution in [0.25, 0.3) is 0 Å². The topological polar surface area (TPSA) is 62.3 Å². The van der Waals surface area contributed by atoms with E-state index < -0.39 is 5.92 Å². The van der Waals surface area contributed by atoms with Crippen molar-refractivity contribution in [2.24, 2.45) is 0 Å². The molecule has 2 aromatic carbocycles. The number of rotatable bonds is 4. The van der Waals surface area contributed by atoms with Crippen LogP contribution >= 0.6 is 0 Å². The highest BCUT2D eigenvalue weighted by molar-refractivity contribution is 6.01. The van der Waals surface area contributed by atoms with Crippen LogP contribution in [0.1, 0.15) is 39.0 Å². The molecular weight excluding hydrogens is 350 g/mol. The van der Waals surface area contributed by atoms with Gasteiger partial charge in [0, 0.05) is 31.5 Å². The fraction of sp³-hybridized carbons (Fsp3) is 0.174. The lowest BCUT2D eigenvalue weighted by atomic mass is 9.79. The fourth-order valence-corrected chi connectivity index (χ4v) is 3.82. The highest BCUT2D eigenvalue weighted by Crippen LogP contribution is 2.41. The molecule has 0 radical (unpaired) electrons. The van der Waals surface area contributed by atoms with E-state index in [4.69, 9.17) is 0 Å². The molecule has 0 spiro atoms. The van der Waals surface area contributed by atoms with Gasteiger partial charge in [-0.2, -0.15) is 0 Å². The molecule has 1 aromatic heterocycles. The molecule has 2 heterocycles.